The summed E-state index contributed by atoms with van der Waals surface area (Å²) in [6.45, 7) is 0.572. The van der Waals surface area contributed by atoms with Gasteiger partial charge in [0, 0.05) is 23.4 Å². The second kappa shape index (κ2) is 12.1. The number of rotatable bonds is 11. The Morgan fingerprint density at radius 1 is 1.16 bits per heavy atom. The van der Waals surface area contributed by atoms with Crippen molar-refractivity contribution >= 4 is 28.6 Å². The highest BCUT2D eigenvalue weighted by Crippen LogP contribution is 2.26. The first-order chi connectivity index (χ1) is 18.0. The second-order valence-electron chi connectivity index (χ2n) is 9.21. The van der Waals surface area contributed by atoms with Crippen molar-refractivity contribution in [3.05, 3.63) is 65.9 Å². The number of aromatic nitrogens is 1. The number of fused-ring (bicyclic) bond motifs is 1. The number of nitriles is 1. The number of benzene rings is 2. The number of nitrogens with one attached hydrogen (secondary N) is 4. The zero-order valence-corrected chi connectivity index (χ0v) is 20.8. The van der Waals surface area contributed by atoms with Gasteiger partial charge in [0.05, 0.1) is 13.2 Å². The molecule has 9 heteroatoms. The van der Waals surface area contributed by atoms with Gasteiger partial charge in [-0.25, -0.2) is 0 Å². The number of ether oxygens (including phenoxy) is 1. The predicted molar refractivity (Wildman–Crippen MR) is 139 cm³/mol. The van der Waals surface area contributed by atoms with Gasteiger partial charge in [-0.15, -0.1) is 0 Å². The summed E-state index contributed by atoms with van der Waals surface area (Å²) >= 11 is 0. The maximum atomic E-state index is 13.2. The topological polar surface area (TPSA) is 136 Å². The molecule has 192 valence electrons. The molecule has 2 heterocycles. The van der Waals surface area contributed by atoms with Gasteiger partial charge >= 0.3 is 0 Å². The molecule has 2 aromatic carbocycles. The zero-order chi connectivity index (χ0) is 26.2. The molecular weight excluding hydrogens is 470 g/mol. The van der Waals surface area contributed by atoms with E-state index in [0.717, 1.165) is 22.9 Å². The minimum Gasteiger partial charge on any atom is -0.496 e. The molecule has 4 N–H and O–H groups in total. The molecule has 0 saturated carbocycles. The van der Waals surface area contributed by atoms with Gasteiger partial charge in [-0.2, -0.15) is 5.26 Å². The molecule has 3 aromatic rings. The molecule has 0 radical (unpaired) electrons. The third kappa shape index (κ3) is 6.47. The van der Waals surface area contributed by atoms with E-state index in [0.29, 0.717) is 37.3 Å². The van der Waals surface area contributed by atoms with E-state index in [1.54, 1.807) is 13.2 Å². The number of aromatic amines is 1. The third-order valence-corrected chi connectivity index (χ3v) is 6.67. The molecule has 1 aliphatic heterocycles. The molecule has 0 bridgehead atoms. The first-order valence-corrected chi connectivity index (χ1v) is 12.5. The number of amides is 3. The van der Waals surface area contributed by atoms with Crippen LogP contribution in [0.25, 0.3) is 10.9 Å². The number of carbonyl (C=O) groups is 3. The van der Waals surface area contributed by atoms with Crippen LogP contribution < -0.4 is 20.7 Å². The fraction of sp³-hybridized carbons (Fsp3) is 0.357. The van der Waals surface area contributed by atoms with Crippen LogP contribution in [0.5, 0.6) is 5.75 Å². The Balaban J connectivity index is 1.46. The highest BCUT2D eigenvalue weighted by atomic mass is 16.5. The molecule has 0 aliphatic carbocycles. The van der Waals surface area contributed by atoms with Crippen LogP contribution >= 0.6 is 0 Å². The van der Waals surface area contributed by atoms with E-state index in [2.05, 4.69) is 27.0 Å². The molecule has 1 fully saturated rings. The maximum absolute atomic E-state index is 13.2. The summed E-state index contributed by atoms with van der Waals surface area (Å²) in [4.78, 5) is 41.4. The van der Waals surface area contributed by atoms with Crippen LogP contribution in [0.15, 0.2) is 54.6 Å². The molecule has 9 nitrogen and oxygen atoms in total. The van der Waals surface area contributed by atoms with E-state index in [1.807, 2.05) is 48.5 Å². The summed E-state index contributed by atoms with van der Waals surface area (Å²) in [5, 5.41) is 18.7. The largest absolute Gasteiger partial charge is 0.496 e. The van der Waals surface area contributed by atoms with Crippen LogP contribution in [0.3, 0.4) is 0 Å². The summed E-state index contributed by atoms with van der Waals surface area (Å²) in [6, 6.07) is 17.5. The van der Waals surface area contributed by atoms with Crippen molar-refractivity contribution in [1.82, 2.24) is 20.9 Å². The van der Waals surface area contributed by atoms with Crippen LogP contribution in [-0.2, 0) is 16.0 Å². The van der Waals surface area contributed by atoms with E-state index >= 15 is 0 Å². The molecule has 4 rings (SSSR count). The predicted octanol–water partition coefficient (Wildman–Crippen LogP) is 2.83. The smallest absolute Gasteiger partial charge is 0.268 e. The van der Waals surface area contributed by atoms with Crippen LogP contribution in [0, 0.1) is 17.2 Å². The fourth-order valence-corrected chi connectivity index (χ4v) is 4.66. The van der Waals surface area contributed by atoms with Crippen molar-refractivity contribution in [3.63, 3.8) is 0 Å². The van der Waals surface area contributed by atoms with E-state index in [-0.39, 0.29) is 18.2 Å². The van der Waals surface area contributed by atoms with Gasteiger partial charge in [-0.05, 0) is 55.9 Å². The van der Waals surface area contributed by atoms with E-state index in [9.17, 15) is 19.6 Å². The Bertz CT molecular complexity index is 1300. The summed E-state index contributed by atoms with van der Waals surface area (Å²) in [5.74, 6) is -0.645. The maximum Gasteiger partial charge on any atom is 0.268 e. The second-order valence-corrected chi connectivity index (χ2v) is 9.21. The van der Waals surface area contributed by atoms with Gasteiger partial charge in [0.15, 0.2) is 0 Å². The number of methoxy groups -OCH3 is 1. The van der Waals surface area contributed by atoms with Gasteiger partial charge in [0.25, 0.3) is 5.91 Å². The average molecular weight is 502 g/mol. The molecule has 1 aromatic heterocycles. The standard InChI is InChI=1S/C28H31N5O4/c1-37-25-12-6-10-22-21(25)16-24(32-22)28(36)33-23(11-5-9-18-7-3-2-4-8-18)27(35)31-20(17-29)15-19-13-14-30-26(19)34/h2-4,6-8,10,12,16,19-20,23,32H,5,9,11,13-15H2,1H3,(H,30,34)(H,31,35)(H,33,36)/t19?,20?,23-/m0/s1. The Hall–Kier alpha value is -4.32. The first-order valence-electron chi connectivity index (χ1n) is 12.5. The highest BCUT2D eigenvalue weighted by Gasteiger charge is 2.30. The van der Waals surface area contributed by atoms with Crippen molar-refractivity contribution < 1.29 is 19.1 Å². The summed E-state index contributed by atoms with van der Waals surface area (Å²) in [7, 11) is 1.56. The van der Waals surface area contributed by atoms with E-state index in [1.165, 1.54) is 0 Å². The van der Waals surface area contributed by atoms with Gasteiger partial charge in [0.2, 0.25) is 11.8 Å². The van der Waals surface area contributed by atoms with Gasteiger partial charge < -0.3 is 25.7 Å². The van der Waals surface area contributed by atoms with Crippen molar-refractivity contribution in [3.8, 4) is 11.8 Å². The van der Waals surface area contributed by atoms with Crippen LogP contribution in [-0.4, -0.2) is 48.4 Å². The molecule has 1 saturated heterocycles. The van der Waals surface area contributed by atoms with Crippen molar-refractivity contribution in [2.24, 2.45) is 5.92 Å². The minimum atomic E-state index is -0.849. The lowest BCUT2D eigenvalue weighted by molar-refractivity contribution is -0.125. The quantitative estimate of drug-likeness (QED) is 0.320. The monoisotopic (exact) mass is 501 g/mol. The first kappa shape index (κ1) is 25.8. The molecule has 0 spiro atoms. The van der Waals surface area contributed by atoms with Crippen LogP contribution in [0.4, 0.5) is 0 Å². The Morgan fingerprint density at radius 3 is 2.68 bits per heavy atom. The Morgan fingerprint density at radius 2 is 1.97 bits per heavy atom. The van der Waals surface area contributed by atoms with Gasteiger partial charge in [-0.1, -0.05) is 36.4 Å². The van der Waals surface area contributed by atoms with E-state index < -0.39 is 23.9 Å². The summed E-state index contributed by atoms with van der Waals surface area (Å²) < 4.78 is 5.38. The lowest BCUT2D eigenvalue weighted by atomic mass is 9.98. The number of H-pyrrole nitrogens is 1. The fourth-order valence-electron chi connectivity index (χ4n) is 4.66. The number of nitrogens with zero attached hydrogens (tertiary/aromatic N) is 1. The Kier molecular flexibility index (Phi) is 8.41. The van der Waals surface area contributed by atoms with Crippen molar-refractivity contribution in [1.29, 1.82) is 5.26 Å². The SMILES string of the molecule is COc1cccc2[nH]c(C(=O)N[C@@H](CCCc3ccccc3)C(=O)NC(C#N)CC3CCNC3=O)cc12. The lowest BCUT2D eigenvalue weighted by Crippen LogP contribution is -2.50. The lowest BCUT2D eigenvalue weighted by Gasteiger charge is -2.21. The van der Waals surface area contributed by atoms with E-state index in [4.69, 9.17) is 4.74 Å². The molecule has 3 atom stereocenters. The van der Waals surface area contributed by atoms with Gasteiger partial charge in [-0.3, -0.25) is 14.4 Å². The zero-order valence-electron chi connectivity index (χ0n) is 20.8. The summed E-state index contributed by atoms with van der Waals surface area (Å²) in [6.07, 6.45) is 2.66. The molecule has 1 aliphatic rings. The number of carbonyl (C=O) groups excluding carboxylic acids is 3. The normalized spacial score (nSPS) is 16.4. The molecule has 37 heavy (non-hydrogen) atoms. The molecular formula is C28H31N5O4. The summed E-state index contributed by atoms with van der Waals surface area (Å²) in [5.41, 5.74) is 2.19. The number of hydrogen-bond donors (Lipinski definition) is 4. The van der Waals surface area contributed by atoms with Crippen molar-refractivity contribution in [2.75, 3.05) is 13.7 Å². The average Bonchev–Trinajstić information content (AvgIpc) is 3.54. The highest BCUT2D eigenvalue weighted by molar-refractivity contribution is 6.01. The Labute approximate surface area is 215 Å². The minimum absolute atomic E-state index is 0.101. The molecule has 3 amide bonds. The van der Waals surface area contributed by atoms with Crippen molar-refractivity contribution in [2.45, 2.75) is 44.2 Å². The molecule has 2 unspecified atom stereocenters. The van der Waals surface area contributed by atoms with Crippen LogP contribution in [0.2, 0.25) is 0 Å². The number of hydrogen-bond acceptors (Lipinski definition) is 5. The van der Waals surface area contributed by atoms with Gasteiger partial charge in [0.1, 0.15) is 23.5 Å². The van der Waals surface area contributed by atoms with Crippen LogP contribution in [0.1, 0.15) is 41.7 Å². The third-order valence-electron chi connectivity index (χ3n) is 6.67. The number of aryl methyl sites for hydroxylation is 1.